The van der Waals surface area contributed by atoms with Crippen LogP contribution >= 0.6 is 0 Å². The van der Waals surface area contributed by atoms with Gasteiger partial charge in [0.05, 0.1) is 19.0 Å². The molecule has 11 heteroatoms. The van der Waals surface area contributed by atoms with Gasteiger partial charge < -0.3 is 25.2 Å². The summed E-state index contributed by atoms with van der Waals surface area (Å²) in [4.78, 5) is 39.6. The van der Waals surface area contributed by atoms with Crippen molar-refractivity contribution < 1.29 is 14.3 Å². The normalized spacial score (nSPS) is 20.9. The van der Waals surface area contributed by atoms with Gasteiger partial charge in [-0.2, -0.15) is 4.98 Å². The number of ether oxygens (including phenoxy) is 1. The zero-order valence-electron chi connectivity index (χ0n) is 22.4. The van der Waals surface area contributed by atoms with E-state index in [2.05, 4.69) is 32.5 Å². The van der Waals surface area contributed by atoms with E-state index < -0.39 is 0 Å². The fraction of sp³-hybridized carbons (Fsp3) is 0.556. The zero-order chi connectivity index (χ0) is 26.8. The van der Waals surface area contributed by atoms with Crippen molar-refractivity contribution in [2.75, 3.05) is 42.5 Å². The van der Waals surface area contributed by atoms with E-state index in [4.69, 9.17) is 15.6 Å². The van der Waals surface area contributed by atoms with Crippen molar-refractivity contribution in [3.8, 4) is 5.75 Å². The van der Waals surface area contributed by atoms with Crippen LogP contribution in [-0.4, -0.2) is 72.1 Å². The molecule has 1 saturated heterocycles. The minimum atomic E-state index is -0.352. The van der Waals surface area contributed by atoms with Gasteiger partial charge in [-0.15, -0.1) is 0 Å². The fourth-order valence-electron chi connectivity index (χ4n) is 5.79. The first-order valence-corrected chi connectivity index (χ1v) is 13.6. The predicted octanol–water partition coefficient (Wildman–Crippen LogP) is 2.80. The number of nitrogens with one attached hydrogen (secondary N) is 2. The number of aromatic nitrogens is 2. The van der Waals surface area contributed by atoms with Gasteiger partial charge in [-0.1, -0.05) is 19.8 Å². The molecule has 0 spiro atoms. The van der Waals surface area contributed by atoms with E-state index in [0.717, 1.165) is 51.6 Å². The third-order valence-corrected chi connectivity index (χ3v) is 7.98. The lowest BCUT2D eigenvalue weighted by atomic mass is 10.0. The minimum Gasteiger partial charge on any atom is -0.495 e. The van der Waals surface area contributed by atoms with Crippen LogP contribution in [0.5, 0.6) is 5.75 Å². The molecule has 204 valence electrons. The van der Waals surface area contributed by atoms with Gasteiger partial charge in [0.15, 0.2) is 5.82 Å². The van der Waals surface area contributed by atoms with Crippen LogP contribution in [0.4, 0.5) is 23.1 Å². The average Bonchev–Trinajstić information content (AvgIpc) is 3.46. The Bertz CT molecular complexity index is 1180. The Labute approximate surface area is 223 Å². The summed E-state index contributed by atoms with van der Waals surface area (Å²) in [5.41, 5.74) is 1.68. The van der Waals surface area contributed by atoms with Crippen LogP contribution in [0.25, 0.3) is 0 Å². The molecule has 1 aliphatic carbocycles. The highest BCUT2D eigenvalue weighted by Gasteiger charge is 2.41. The number of benzene rings is 1. The molecular weight excluding hydrogens is 484 g/mol. The fourth-order valence-corrected chi connectivity index (χ4v) is 5.79. The summed E-state index contributed by atoms with van der Waals surface area (Å²) in [6.07, 6.45) is 8.44. The van der Waals surface area contributed by atoms with Gasteiger partial charge in [-0.25, -0.2) is 15.8 Å². The van der Waals surface area contributed by atoms with E-state index in [1.165, 1.54) is 5.01 Å². The molecule has 2 aromatic rings. The molecule has 0 radical (unpaired) electrons. The van der Waals surface area contributed by atoms with Gasteiger partial charge in [0.25, 0.3) is 11.8 Å². The lowest BCUT2D eigenvalue weighted by Crippen LogP contribution is -2.58. The molecule has 38 heavy (non-hydrogen) atoms. The summed E-state index contributed by atoms with van der Waals surface area (Å²) in [7, 11) is 3.67. The zero-order valence-corrected chi connectivity index (χ0v) is 22.4. The number of hydrogen-bond donors (Lipinski definition) is 3. The lowest BCUT2D eigenvalue weighted by Gasteiger charge is -2.43. The van der Waals surface area contributed by atoms with Gasteiger partial charge in [0, 0.05) is 17.6 Å². The molecule has 11 nitrogen and oxygen atoms in total. The van der Waals surface area contributed by atoms with E-state index in [1.54, 1.807) is 31.5 Å². The van der Waals surface area contributed by atoms with Gasteiger partial charge >= 0.3 is 0 Å². The second-order valence-electron chi connectivity index (χ2n) is 10.5. The van der Waals surface area contributed by atoms with Crippen LogP contribution in [0.3, 0.4) is 0 Å². The smallest absolute Gasteiger partial charge is 0.264 e. The van der Waals surface area contributed by atoms with Crippen molar-refractivity contribution in [3.05, 3.63) is 30.0 Å². The van der Waals surface area contributed by atoms with E-state index in [1.807, 2.05) is 6.92 Å². The molecular formula is C27H38N8O3. The van der Waals surface area contributed by atoms with Crippen molar-refractivity contribution in [2.24, 2.45) is 5.84 Å². The second kappa shape index (κ2) is 11.1. The molecule has 1 saturated carbocycles. The standard InChI is InChI=1S/C27H38N8O3/c1-4-21-26(37)35(28)22-16-29-27(32-24(22)34(21)19-7-5-6-8-19)31-20-10-9-17(15-23(20)38-3)25(36)30-18-11-13-33(2)14-12-18/h9-10,15-16,18-19,21H,4-8,11-14,28H2,1-3H3,(H,30,36)(H,29,31,32)/t21-/m1/s1. The molecule has 5 rings (SSSR count). The largest absolute Gasteiger partial charge is 0.495 e. The number of nitrogens with two attached hydrogens (primary N) is 1. The average molecular weight is 523 g/mol. The van der Waals surface area contributed by atoms with Crippen LogP contribution in [0, 0.1) is 0 Å². The molecule has 2 fully saturated rings. The van der Waals surface area contributed by atoms with E-state index in [0.29, 0.717) is 40.9 Å². The number of anilines is 4. The van der Waals surface area contributed by atoms with Crippen LogP contribution in [-0.2, 0) is 4.79 Å². The topological polar surface area (TPSA) is 129 Å². The Morgan fingerprint density at radius 3 is 2.61 bits per heavy atom. The molecule has 0 unspecified atom stereocenters. The number of hydrogen-bond acceptors (Lipinski definition) is 9. The molecule has 0 bridgehead atoms. The summed E-state index contributed by atoms with van der Waals surface area (Å²) in [5, 5.41) is 7.56. The third kappa shape index (κ3) is 5.12. The Hall–Kier alpha value is -3.44. The van der Waals surface area contributed by atoms with Crippen molar-refractivity contribution >= 4 is 35.0 Å². The number of fused-ring (bicyclic) bond motifs is 1. The van der Waals surface area contributed by atoms with Gasteiger partial charge in [0.1, 0.15) is 17.5 Å². The quantitative estimate of drug-likeness (QED) is 0.371. The van der Waals surface area contributed by atoms with Crippen molar-refractivity contribution in [1.29, 1.82) is 0 Å². The second-order valence-corrected chi connectivity index (χ2v) is 10.5. The molecule has 2 amide bonds. The Kier molecular flexibility index (Phi) is 7.66. The van der Waals surface area contributed by atoms with Crippen molar-refractivity contribution in [2.45, 2.75) is 70.0 Å². The van der Waals surface area contributed by atoms with Crippen LogP contribution in [0.2, 0.25) is 0 Å². The number of rotatable bonds is 7. The maximum atomic E-state index is 13.0. The highest BCUT2D eigenvalue weighted by atomic mass is 16.5. The first kappa shape index (κ1) is 26.2. The highest BCUT2D eigenvalue weighted by Crippen LogP contribution is 2.40. The van der Waals surface area contributed by atoms with Crippen molar-refractivity contribution in [1.82, 2.24) is 20.2 Å². The number of piperidine rings is 1. The molecule has 3 aliphatic rings. The predicted molar refractivity (Wildman–Crippen MR) is 147 cm³/mol. The number of carbonyl (C=O) groups is 2. The summed E-state index contributed by atoms with van der Waals surface area (Å²) in [6.45, 7) is 3.95. The van der Waals surface area contributed by atoms with E-state index >= 15 is 0 Å². The summed E-state index contributed by atoms with van der Waals surface area (Å²) >= 11 is 0. The maximum Gasteiger partial charge on any atom is 0.264 e. The molecule has 1 atom stereocenters. The van der Waals surface area contributed by atoms with E-state index in [9.17, 15) is 9.59 Å². The number of amides is 2. The number of hydrazine groups is 1. The van der Waals surface area contributed by atoms with Gasteiger partial charge in [0.2, 0.25) is 5.95 Å². The SMILES string of the molecule is CC[C@@H]1C(=O)N(N)c2cnc(Nc3ccc(C(=O)NC4CCN(C)CC4)cc3OC)nc2N1C1CCCC1. The number of likely N-dealkylation sites (tertiary alicyclic amines) is 1. The van der Waals surface area contributed by atoms with Crippen molar-refractivity contribution in [3.63, 3.8) is 0 Å². The number of carbonyl (C=O) groups excluding carboxylic acids is 2. The lowest BCUT2D eigenvalue weighted by molar-refractivity contribution is -0.120. The molecule has 1 aromatic carbocycles. The van der Waals surface area contributed by atoms with Gasteiger partial charge in [-0.3, -0.25) is 9.59 Å². The first-order chi connectivity index (χ1) is 18.4. The molecule has 2 aliphatic heterocycles. The minimum absolute atomic E-state index is 0.111. The third-order valence-electron chi connectivity index (χ3n) is 7.98. The summed E-state index contributed by atoms with van der Waals surface area (Å²) in [5.74, 6) is 7.48. The first-order valence-electron chi connectivity index (χ1n) is 13.6. The van der Waals surface area contributed by atoms with Crippen LogP contribution in [0.1, 0.15) is 62.2 Å². The maximum absolute atomic E-state index is 13.0. The van der Waals surface area contributed by atoms with Crippen LogP contribution < -0.4 is 31.1 Å². The highest BCUT2D eigenvalue weighted by molar-refractivity contribution is 6.04. The monoisotopic (exact) mass is 522 g/mol. The number of nitrogens with zero attached hydrogens (tertiary/aromatic N) is 5. The molecule has 3 heterocycles. The Morgan fingerprint density at radius 2 is 1.92 bits per heavy atom. The Balaban J connectivity index is 1.38. The van der Waals surface area contributed by atoms with Gasteiger partial charge in [-0.05, 0) is 70.4 Å². The van der Waals surface area contributed by atoms with E-state index in [-0.39, 0.29) is 29.9 Å². The Morgan fingerprint density at radius 1 is 1.18 bits per heavy atom. The summed E-state index contributed by atoms with van der Waals surface area (Å²) < 4.78 is 5.61. The van der Waals surface area contributed by atoms with Crippen LogP contribution in [0.15, 0.2) is 24.4 Å². The number of methoxy groups -OCH3 is 1. The summed E-state index contributed by atoms with van der Waals surface area (Å²) in [6, 6.07) is 5.36. The molecule has 4 N–H and O–H groups in total. The molecule has 1 aromatic heterocycles.